The number of amides is 1. The van der Waals surface area contributed by atoms with Crippen molar-refractivity contribution >= 4 is 21.6 Å². The number of hydrogen-bond donors (Lipinski definition) is 3. The molecule has 0 fully saturated rings. The van der Waals surface area contributed by atoms with E-state index in [0.717, 1.165) is 6.26 Å². The minimum atomic E-state index is -3.62. The van der Waals surface area contributed by atoms with Crippen molar-refractivity contribution in [2.24, 2.45) is 10.9 Å². The monoisotopic (exact) mass is 313 g/mol. The largest absolute Gasteiger partial charge is 0.409 e. The van der Waals surface area contributed by atoms with Crippen LogP contribution in [0, 0.1) is 0 Å². The zero-order chi connectivity index (χ0) is 16.3. The number of nitrogens with one attached hydrogen (secondary N) is 1. The summed E-state index contributed by atoms with van der Waals surface area (Å²) in [6.07, 6.45) is 0.980. The molecule has 0 aliphatic rings. The first-order valence-corrected chi connectivity index (χ1v) is 8.03. The van der Waals surface area contributed by atoms with E-state index >= 15 is 0 Å². The highest BCUT2D eigenvalue weighted by Crippen LogP contribution is 2.19. The fraction of sp³-hybridized carbons (Fsp3) is 0.385. The van der Waals surface area contributed by atoms with Gasteiger partial charge in [-0.15, -0.1) is 0 Å². The van der Waals surface area contributed by atoms with Crippen LogP contribution >= 0.6 is 0 Å². The maximum absolute atomic E-state index is 12.2. The fourth-order valence-corrected chi connectivity index (χ4v) is 1.90. The Hall–Kier alpha value is -2.09. The molecule has 1 amide bonds. The molecule has 0 aromatic heterocycles. The van der Waals surface area contributed by atoms with Gasteiger partial charge in [-0.1, -0.05) is 35.5 Å². The summed E-state index contributed by atoms with van der Waals surface area (Å²) in [6, 6.07) is 7.66. The van der Waals surface area contributed by atoms with Crippen LogP contribution in [0.2, 0.25) is 0 Å². The number of carbonyl (C=O) groups is 1. The molecule has 1 atom stereocenters. The molecule has 1 aromatic rings. The van der Waals surface area contributed by atoms with E-state index in [1.807, 2.05) is 0 Å². The number of hydrogen-bond acceptors (Lipinski definition) is 5. The van der Waals surface area contributed by atoms with Gasteiger partial charge < -0.3 is 16.3 Å². The first-order valence-electron chi connectivity index (χ1n) is 6.14. The van der Waals surface area contributed by atoms with Crippen molar-refractivity contribution in [1.29, 1.82) is 0 Å². The zero-order valence-corrected chi connectivity index (χ0v) is 12.9. The highest BCUT2D eigenvalue weighted by Gasteiger charge is 2.39. The summed E-state index contributed by atoms with van der Waals surface area (Å²) < 4.78 is 21.7. The van der Waals surface area contributed by atoms with Crippen molar-refractivity contribution in [3.05, 3.63) is 35.9 Å². The van der Waals surface area contributed by atoms with Crippen molar-refractivity contribution in [3.63, 3.8) is 0 Å². The van der Waals surface area contributed by atoms with Crippen LogP contribution in [0.4, 0.5) is 0 Å². The van der Waals surface area contributed by atoms with Gasteiger partial charge in [-0.25, -0.2) is 8.42 Å². The Balaban J connectivity index is 3.13. The predicted molar refractivity (Wildman–Crippen MR) is 79.7 cm³/mol. The third-order valence-electron chi connectivity index (χ3n) is 3.29. The number of benzene rings is 1. The Morgan fingerprint density at radius 1 is 1.33 bits per heavy atom. The van der Waals surface area contributed by atoms with E-state index in [-0.39, 0.29) is 5.84 Å². The van der Waals surface area contributed by atoms with Gasteiger partial charge in [0.1, 0.15) is 10.8 Å². The summed E-state index contributed by atoms with van der Waals surface area (Å²) in [5, 5.41) is 14.2. The molecule has 116 valence electrons. The smallest absolute Gasteiger partial charge is 0.241 e. The highest BCUT2D eigenvalue weighted by atomic mass is 32.2. The second-order valence-corrected chi connectivity index (χ2v) is 7.69. The molecule has 1 rings (SSSR count). The van der Waals surface area contributed by atoms with Crippen LogP contribution in [0.25, 0.3) is 0 Å². The summed E-state index contributed by atoms with van der Waals surface area (Å²) in [7, 11) is -3.62. The summed E-state index contributed by atoms with van der Waals surface area (Å²) >= 11 is 0. The molecule has 1 unspecified atom stereocenters. The molecule has 0 saturated heterocycles. The van der Waals surface area contributed by atoms with Gasteiger partial charge in [-0.05, 0) is 19.4 Å². The number of nitrogens with two attached hydrogens (primary N) is 1. The lowest BCUT2D eigenvalue weighted by Crippen LogP contribution is -2.50. The number of amidine groups is 1. The summed E-state index contributed by atoms with van der Waals surface area (Å²) in [5.41, 5.74) is 6.16. The number of carbonyl (C=O) groups excluding carboxylic acids is 1. The van der Waals surface area contributed by atoms with E-state index in [1.54, 1.807) is 30.3 Å². The zero-order valence-electron chi connectivity index (χ0n) is 12.1. The van der Waals surface area contributed by atoms with Crippen molar-refractivity contribution in [2.45, 2.75) is 24.6 Å². The molecule has 0 spiro atoms. The van der Waals surface area contributed by atoms with Crippen molar-refractivity contribution in [2.75, 3.05) is 6.26 Å². The van der Waals surface area contributed by atoms with Crippen molar-refractivity contribution < 1.29 is 18.4 Å². The second-order valence-electron chi connectivity index (χ2n) is 5.12. The minimum absolute atomic E-state index is 0.237. The van der Waals surface area contributed by atoms with Crippen LogP contribution in [0.5, 0.6) is 0 Å². The third-order valence-corrected chi connectivity index (χ3v) is 5.33. The first kappa shape index (κ1) is 17.0. The Morgan fingerprint density at radius 3 is 2.29 bits per heavy atom. The Kier molecular flexibility index (Phi) is 4.95. The Labute approximate surface area is 123 Å². The molecule has 21 heavy (non-hydrogen) atoms. The van der Waals surface area contributed by atoms with Crippen LogP contribution in [0.15, 0.2) is 35.5 Å². The molecule has 0 aliphatic carbocycles. The molecule has 0 radical (unpaired) electrons. The summed E-state index contributed by atoms with van der Waals surface area (Å²) in [4.78, 5) is 12.2. The molecule has 0 heterocycles. The van der Waals surface area contributed by atoms with Crippen molar-refractivity contribution in [3.8, 4) is 0 Å². The van der Waals surface area contributed by atoms with Gasteiger partial charge in [0.15, 0.2) is 15.7 Å². The van der Waals surface area contributed by atoms with E-state index in [4.69, 9.17) is 10.9 Å². The maximum Gasteiger partial charge on any atom is 0.241 e. The van der Waals surface area contributed by atoms with Gasteiger partial charge in [0.05, 0.1) is 0 Å². The van der Waals surface area contributed by atoms with Crippen LogP contribution in [0.1, 0.15) is 25.5 Å². The predicted octanol–water partition coefficient (Wildman–Crippen LogP) is 0.414. The van der Waals surface area contributed by atoms with E-state index in [0.29, 0.717) is 5.56 Å². The fourth-order valence-electron chi connectivity index (χ4n) is 1.50. The van der Waals surface area contributed by atoms with E-state index < -0.39 is 26.5 Å². The summed E-state index contributed by atoms with van der Waals surface area (Å²) in [6.45, 7) is 2.60. The molecule has 0 bridgehead atoms. The maximum atomic E-state index is 12.2. The standard InChI is InChI=1S/C13H19N3O4S/c1-13(2,21(3,19)20)12(17)15-10(11(14)16-18)9-7-5-4-6-8-9/h4-8,10,18H,1-3H3,(H2,14,16)(H,15,17). The van der Waals surface area contributed by atoms with Crippen LogP contribution in [-0.2, 0) is 14.6 Å². The number of oxime groups is 1. The molecule has 0 aliphatic heterocycles. The number of nitrogens with zero attached hydrogens (tertiary/aromatic N) is 1. The lowest BCUT2D eigenvalue weighted by Gasteiger charge is -2.25. The van der Waals surface area contributed by atoms with Gasteiger partial charge >= 0.3 is 0 Å². The quantitative estimate of drug-likeness (QED) is 0.314. The second kappa shape index (κ2) is 6.13. The van der Waals surface area contributed by atoms with Gasteiger partial charge in [-0.2, -0.15) is 0 Å². The molecule has 1 aromatic carbocycles. The van der Waals surface area contributed by atoms with Gasteiger partial charge in [-0.3, -0.25) is 4.79 Å². The SMILES string of the molecule is CC(C)(C(=O)NC(C(N)=NO)c1ccccc1)S(C)(=O)=O. The Morgan fingerprint density at radius 2 is 1.86 bits per heavy atom. The van der Waals surface area contributed by atoms with Gasteiger partial charge in [0.25, 0.3) is 0 Å². The normalized spacial score (nSPS) is 14.5. The first-order chi connectivity index (χ1) is 9.61. The van der Waals surface area contributed by atoms with E-state index in [9.17, 15) is 13.2 Å². The van der Waals surface area contributed by atoms with E-state index in [1.165, 1.54) is 13.8 Å². The molecular weight excluding hydrogens is 294 g/mol. The lowest BCUT2D eigenvalue weighted by atomic mass is 10.0. The lowest BCUT2D eigenvalue weighted by molar-refractivity contribution is -0.123. The Bertz CT molecular complexity index is 639. The molecule has 7 nitrogen and oxygen atoms in total. The van der Waals surface area contributed by atoms with E-state index in [2.05, 4.69) is 10.5 Å². The third kappa shape index (κ3) is 3.72. The molecule has 0 saturated carbocycles. The topological polar surface area (TPSA) is 122 Å². The summed E-state index contributed by atoms with van der Waals surface area (Å²) in [5.74, 6) is -0.968. The minimum Gasteiger partial charge on any atom is -0.409 e. The molecule has 8 heteroatoms. The van der Waals surface area contributed by atoms with Crippen LogP contribution in [0.3, 0.4) is 0 Å². The highest BCUT2D eigenvalue weighted by molar-refractivity contribution is 7.92. The number of rotatable bonds is 5. The molecular formula is C13H19N3O4S. The van der Waals surface area contributed by atoms with Crippen LogP contribution in [-0.4, -0.2) is 36.4 Å². The van der Waals surface area contributed by atoms with Crippen LogP contribution < -0.4 is 11.1 Å². The van der Waals surface area contributed by atoms with Gasteiger partial charge in [0.2, 0.25) is 5.91 Å². The average Bonchev–Trinajstić information content (AvgIpc) is 2.43. The van der Waals surface area contributed by atoms with Gasteiger partial charge in [0, 0.05) is 6.26 Å². The average molecular weight is 313 g/mol. The van der Waals surface area contributed by atoms with Crippen molar-refractivity contribution in [1.82, 2.24) is 5.32 Å². The molecule has 4 N–H and O–H groups in total. The number of sulfone groups is 1.